The Kier molecular flexibility index (Phi) is 7.17. The summed E-state index contributed by atoms with van der Waals surface area (Å²) in [4.78, 5) is 55.0. The van der Waals surface area contributed by atoms with Gasteiger partial charge in [-0.3, -0.25) is 24.6 Å². The minimum atomic E-state index is -0.800. The first-order valence-electron chi connectivity index (χ1n) is 10.3. The van der Waals surface area contributed by atoms with Crippen molar-refractivity contribution in [3.8, 4) is 0 Å². The van der Waals surface area contributed by atoms with E-state index in [0.29, 0.717) is 16.3 Å². The van der Waals surface area contributed by atoms with E-state index in [0.717, 1.165) is 16.5 Å². The largest absolute Gasteiger partial charge is 0.444 e. The van der Waals surface area contributed by atoms with Gasteiger partial charge in [-0.25, -0.2) is 9.78 Å². The average Bonchev–Trinajstić information content (AvgIpc) is 3.37. The highest BCUT2D eigenvalue weighted by Gasteiger charge is 2.54. The molecule has 2 N–H and O–H groups in total. The van der Waals surface area contributed by atoms with Gasteiger partial charge in [0.2, 0.25) is 16.2 Å². The molecule has 16 heteroatoms. The molecule has 0 aromatic carbocycles. The number of aryl methyl sites for hydroxylation is 1. The Balaban J connectivity index is 1.38. The number of thioether (sulfide) groups is 1. The topological polar surface area (TPSA) is 156 Å². The molecule has 0 radical (unpaired) electrons. The van der Waals surface area contributed by atoms with Gasteiger partial charge in [0.1, 0.15) is 32.7 Å². The molecule has 35 heavy (non-hydrogen) atoms. The highest BCUT2D eigenvalue weighted by atomic mass is 32.2. The summed E-state index contributed by atoms with van der Waals surface area (Å²) in [5.74, 6) is -0.257. The van der Waals surface area contributed by atoms with Gasteiger partial charge in [0, 0.05) is 22.9 Å². The van der Waals surface area contributed by atoms with Crippen molar-refractivity contribution in [2.45, 2.75) is 51.1 Å². The Morgan fingerprint density at radius 1 is 1.26 bits per heavy atom. The highest BCUT2D eigenvalue weighted by molar-refractivity contribution is 8.00. The van der Waals surface area contributed by atoms with Crippen molar-refractivity contribution < 1.29 is 23.9 Å². The number of β-lactam (4-membered cyclic amide) rings is 1. The number of hydrogen-bond donors (Lipinski definition) is 3. The monoisotopic (exact) mass is 555 g/mol. The molecule has 2 aromatic rings. The molecule has 2 aromatic heterocycles. The van der Waals surface area contributed by atoms with Crippen LogP contribution in [0.15, 0.2) is 5.70 Å². The molecule has 0 bridgehead atoms. The number of anilines is 1. The second-order valence-electron chi connectivity index (χ2n) is 8.53. The molecule has 4 heterocycles. The number of nitrogens with zero attached hydrogens (tertiary/aromatic N) is 5. The lowest BCUT2D eigenvalue weighted by atomic mass is 10.0. The molecule has 3 amide bonds. The number of ether oxygens (including phenoxy) is 1. The maximum absolute atomic E-state index is 12.9. The fourth-order valence-electron chi connectivity index (χ4n) is 3.34. The fourth-order valence-corrected chi connectivity index (χ4v) is 6.32. The maximum Gasteiger partial charge on any atom is 0.414 e. The third-order valence-electron chi connectivity index (χ3n) is 4.67. The fraction of sp³-hybridized carbons (Fsp3) is 0.474. The van der Waals surface area contributed by atoms with E-state index < -0.39 is 40.0 Å². The standard InChI is InChI=1S/C19H21N7O5S4/c1-7-23-24-13(34-7)8-6-33-15-11(14(28)26(15)12(8)16(29)32)21-10(27)5-9-20-17(35-25-9)22-18(30)31-19(2,3)4/h11,15H,5-6H2,1-4H3,(H,21,27)(H,29,32)(H,20,22,25,30)/t11-,15-/m1/s1. The molecule has 0 saturated carbocycles. The van der Waals surface area contributed by atoms with Gasteiger partial charge in [0.05, 0.1) is 6.42 Å². The number of carbonyl (C=O) groups is 4. The summed E-state index contributed by atoms with van der Waals surface area (Å²) in [5, 5.41) is 13.7. The molecular formula is C19H21N7O5S4. The van der Waals surface area contributed by atoms with Crippen LogP contribution in [0.4, 0.5) is 9.93 Å². The minimum absolute atomic E-state index is 0.169. The van der Waals surface area contributed by atoms with Crippen molar-refractivity contribution in [2.75, 3.05) is 11.1 Å². The summed E-state index contributed by atoms with van der Waals surface area (Å²) in [6.45, 7) is 7.01. The van der Waals surface area contributed by atoms with Crippen molar-refractivity contribution in [3.05, 3.63) is 21.5 Å². The van der Waals surface area contributed by atoms with Gasteiger partial charge in [0.25, 0.3) is 5.91 Å². The zero-order valence-electron chi connectivity index (χ0n) is 19.0. The zero-order chi connectivity index (χ0) is 25.5. The zero-order valence-corrected chi connectivity index (χ0v) is 22.4. The number of carbonyl (C=O) groups excluding carboxylic acids is 4. The maximum atomic E-state index is 12.9. The second-order valence-corrected chi connectivity index (χ2v) is 12.0. The first-order chi connectivity index (χ1) is 16.4. The van der Waals surface area contributed by atoms with Crippen LogP contribution in [-0.2, 0) is 25.5 Å². The van der Waals surface area contributed by atoms with Gasteiger partial charge < -0.3 is 10.1 Å². The normalized spacial score (nSPS) is 19.7. The Morgan fingerprint density at radius 3 is 2.63 bits per heavy atom. The molecule has 1 fully saturated rings. The van der Waals surface area contributed by atoms with Crippen LogP contribution >= 0.6 is 47.3 Å². The molecule has 0 aliphatic carbocycles. The molecule has 0 spiro atoms. The Morgan fingerprint density at radius 2 is 2.00 bits per heavy atom. The summed E-state index contributed by atoms with van der Waals surface area (Å²) >= 11 is 7.62. The number of amides is 3. The Hall–Kier alpha value is -2.56. The predicted molar refractivity (Wildman–Crippen MR) is 134 cm³/mol. The third-order valence-corrected chi connectivity index (χ3v) is 7.72. The summed E-state index contributed by atoms with van der Waals surface area (Å²) in [7, 11) is 0. The van der Waals surface area contributed by atoms with Gasteiger partial charge in [-0.05, 0) is 27.7 Å². The molecule has 0 unspecified atom stereocenters. The SMILES string of the molecule is Cc1nnc(C2=C(C(=O)S)N3C(=O)[C@@H](NC(=O)Cc4nsc(NC(=O)OC(C)(C)C)n4)[C@H]3SC2)s1. The van der Waals surface area contributed by atoms with Crippen LogP contribution in [0.25, 0.3) is 5.57 Å². The van der Waals surface area contributed by atoms with Crippen molar-refractivity contribution >= 4 is 81.0 Å². The van der Waals surface area contributed by atoms with Crippen molar-refractivity contribution in [1.29, 1.82) is 0 Å². The summed E-state index contributed by atoms with van der Waals surface area (Å²) in [6, 6.07) is -0.800. The summed E-state index contributed by atoms with van der Waals surface area (Å²) in [6.07, 6.45) is -0.859. The van der Waals surface area contributed by atoms with Crippen LogP contribution in [0.5, 0.6) is 0 Å². The quantitative estimate of drug-likeness (QED) is 0.355. The van der Waals surface area contributed by atoms with Crippen LogP contribution < -0.4 is 10.6 Å². The highest BCUT2D eigenvalue weighted by Crippen LogP contribution is 2.44. The second kappa shape index (κ2) is 9.83. The number of hydrogen-bond acceptors (Lipinski definition) is 12. The van der Waals surface area contributed by atoms with E-state index in [1.54, 1.807) is 27.7 Å². The van der Waals surface area contributed by atoms with Crippen LogP contribution in [0.2, 0.25) is 0 Å². The molecule has 1 saturated heterocycles. The van der Waals surface area contributed by atoms with Gasteiger partial charge in [-0.15, -0.1) is 22.0 Å². The number of fused-ring (bicyclic) bond motifs is 1. The first kappa shape index (κ1) is 25.5. The van der Waals surface area contributed by atoms with Crippen molar-refractivity contribution in [1.82, 2.24) is 29.8 Å². The van der Waals surface area contributed by atoms with E-state index in [9.17, 15) is 19.2 Å². The van der Waals surface area contributed by atoms with Gasteiger partial charge >= 0.3 is 6.09 Å². The molecule has 2 atom stereocenters. The molecule has 2 aliphatic heterocycles. The van der Waals surface area contributed by atoms with Crippen LogP contribution in [0, 0.1) is 6.92 Å². The van der Waals surface area contributed by atoms with Crippen molar-refractivity contribution in [2.24, 2.45) is 0 Å². The number of aromatic nitrogens is 4. The van der Waals surface area contributed by atoms with Crippen LogP contribution in [0.1, 0.15) is 36.6 Å². The van der Waals surface area contributed by atoms with Gasteiger partial charge in [-0.1, -0.05) is 24.0 Å². The van der Waals surface area contributed by atoms with Crippen LogP contribution in [0.3, 0.4) is 0 Å². The molecule has 12 nitrogen and oxygen atoms in total. The smallest absolute Gasteiger partial charge is 0.414 e. The number of thiol groups is 1. The van der Waals surface area contributed by atoms with E-state index >= 15 is 0 Å². The number of rotatable bonds is 6. The molecule has 2 aliphatic rings. The Bertz CT molecular complexity index is 1230. The lowest BCUT2D eigenvalue weighted by Crippen LogP contribution is -2.70. The van der Waals surface area contributed by atoms with E-state index in [1.165, 1.54) is 28.0 Å². The van der Waals surface area contributed by atoms with Gasteiger partial charge in [0.15, 0.2) is 5.82 Å². The third kappa shape index (κ3) is 5.65. The molecule has 186 valence electrons. The number of nitrogens with one attached hydrogen (secondary N) is 2. The summed E-state index contributed by atoms with van der Waals surface area (Å²) < 4.78 is 9.22. The van der Waals surface area contributed by atoms with Crippen molar-refractivity contribution in [3.63, 3.8) is 0 Å². The van der Waals surface area contributed by atoms with E-state index in [1.807, 2.05) is 0 Å². The minimum Gasteiger partial charge on any atom is -0.444 e. The first-order valence-corrected chi connectivity index (χ1v) is 13.3. The van der Waals surface area contributed by atoms with E-state index in [2.05, 4.69) is 42.8 Å². The molecular weight excluding hydrogens is 535 g/mol. The van der Waals surface area contributed by atoms with E-state index in [4.69, 9.17) is 4.74 Å². The Labute approximate surface area is 217 Å². The predicted octanol–water partition coefficient (Wildman–Crippen LogP) is 1.86. The van der Waals surface area contributed by atoms with Gasteiger partial charge in [-0.2, -0.15) is 4.37 Å². The lowest BCUT2D eigenvalue weighted by Gasteiger charge is -2.49. The average molecular weight is 556 g/mol. The van der Waals surface area contributed by atoms with E-state index in [-0.39, 0.29) is 23.1 Å². The molecule has 4 rings (SSSR count). The lowest BCUT2D eigenvalue weighted by molar-refractivity contribution is -0.146. The van der Waals surface area contributed by atoms with Crippen LogP contribution in [-0.4, -0.2) is 70.2 Å². The summed E-state index contributed by atoms with van der Waals surface area (Å²) in [5.41, 5.74) is 0.107.